The molecular weight excluding hydrogens is 406 g/mol. The van der Waals surface area contributed by atoms with Crippen molar-refractivity contribution in [1.82, 2.24) is 14.1 Å². The van der Waals surface area contributed by atoms with Crippen molar-refractivity contribution >= 4 is 22.7 Å². The minimum atomic E-state index is -4.94. The molecule has 3 aromatic rings. The zero-order chi connectivity index (χ0) is 21.2. The summed E-state index contributed by atoms with van der Waals surface area (Å²) in [6.07, 6.45) is -4.94. The highest BCUT2D eigenvalue weighted by atomic mass is 35.5. The van der Waals surface area contributed by atoms with Gasteiger partial charge in [0.25, 0.3) is 5.56 Å². The first-order valence-corrected chi connectivity index (χ1v) is 8.31. The summed E-state index contributed by atoms with van der Waals surface area (Å²) in [4.78, 5) is 29.0. The summed E-state index contributed by atoms with van der Waals surface area (Å²) >= 11 is 6.00. The van der Waals surface area contributed by atoms with Crippen LogP contribution >= 0.6 is 11.6 Å². The van der Waals surface area contributed by atoms with Gasteiger partial charge in [-0.3, -0.25) is 9.36 Å². The smallest absolute Gasteiger partial charge is 0.431 e. The number of alkyl halides is 3. The van der Waals surface area contributed by atoms with Gasteiger partial charge in [-0.2, -0.15) is 13.2 Å². The fraction of sp³-hybridized carbons (Fsp3) is 0.353. The van der Waals surface area contributed by atoms with E-state index in [9.17, 15) is 27.2 Å². The number of rotatable bonds is 1. The Morgan fingerprint density at radius 2 is 1.75 bits per heavy atom. The van der Waals surface area contributed by atoms with Gasteiger partial charge in [0.2, 0.25) is 5.89 Å². The first kappa shape index (κ1) is 20.1. The number of hydrogen-bond donors (Lipinski definition) is 0. The van der Waals surface area contributed by atoms with Crippen molar-refractivity contribution < 1.29 is 22.0 Å². The Labute approximate surface area is 160 Å². The predicted octanol–water partition coefficient (Wildman–Crippen LogP) is 3.79. The fourth-order valence-electron chi connectivity index (χ4n) is 2.63. The molecule has 0 N–H and O–H groups in total. The lowest BCUT2D eigenvalue weighted by atomic mass is 9.97. The van der Waals surface area contributed by atoms with Crippen LogP contribution in [0.5, 0.6) is 0 Å². The maximum Gasteiger partial charge on any atom is 0.431 e. The molecule has 0 unspecified atom stereocenters. The van der Waals surface area contributed by atoms with E-state index in [2.05, 4.69) is 4.98 Å². The molecule has 0 aliphatic heterocycles. The largest absolute Gasteiger partial charge is 0.438 e. The van der Waals surface area contributed by atoms with Gasteiger partial charge in [-0.1, -0.05) is 32.4 Å². The zero-order valence-corrected chi connectivity index (χ0v) is 15.9. The van der Waals surface area contributed by atoms with Gasteiger partial charge in [-0.05, 0) is 6.07 Å². The van der Waals surface area contributed by atoms with Crippen LogP contribution in [0.1, 0.15) is 32.4 Å². The number of hydrogen-bond acceptors (Lipinski definition) is 4. The summed E-state index contributed by atoms with van der Waals surface area (Å²) in [6, 6.07) is 1.03. The summed E-state index contributed by atoms with van der Waals surface area (Å²) < 4.78 is 59.8. The Balaban J connectivity index is 2.46. The molecule has 0 saturated heterocycles. The van der Waals surface area contributed by atoms with Gasteiger partial charge in [0.05, 0.1) is 5.02 Å². The molecule has 28 heavy (non-hydrogen) atoms. The second-order valence-corrected chi connectivity index (χ2v) is 7.59. The van der Waals surface area contributed by atoms with Crippen molar-refractivity contribution in [3.05, 3.63) is 55.4 Å². The minimum Gasteiger partial charge on any atom is -0.438 e. The molecule has 1 aromatic carbocycles. The second-order valence-electron chi connectivity index (χ2n) is 7.18. The topological polar surface area (TPSA) is 70.0 Å². The molecule has 0 saturated carbocycles. The SMILES string of the molecule is Cn1c(C(F)(F)F)cc(=O)n(-c2c(F)cc(Cl)c3nc(C(C)(C)C)oc23)c1=O. The summed E-state index contributed by atoms with van der Waals surface area (Å²) in [6.45, 7) is 5.26. The fourth-order valence-corrected chi connectivity index (χ4v) is 2.86. The molecule has 0 fully saturated rings. The van der Waals surface area contributed by atoms with Crippen LogP contribution in [0, 0.1) is 5.82 Å². The van der Waals surface area contributed by atoms with E-state index in [-0.39, 0.29) is 37.2 Å². The van der Waals surface area contributed by atoms with Crippen LogP contribution in [0.2, 0.25) is 5.02 Å². The van der Waals surface area contributed by atoms with Gasteiger partial charge in [-0.25, -0.2) is 18.7 Å². The third-order valence-electron chi connectivity index (χ3n) is 4.02. The zero-order valence-electron chi connectivity index (χ0n) is 15.1. The monoisotopic (exact) mass is 419 g/mol. The van der Waals surface area contributed by atoms with Crippen molar-refractivity contribution in [3.8, 4) is 5.69 Å². The molecule has 6 nitrogen and oxygen atoms in total. The van der Waals surface area contributed by atoms with Crippen LogP contribution < -0.4 is 11.2 Å². The molecule has 0 amide bonds. The van der Waals surface area contributed by atoms with Gasteiger partial charge in [0.15, 0.2) is 11.4 Å². The van der Waals surface area contributed by atoms with Gasteiger partial charge >= 0.3 is 11.9 Å². The first-order chi connectivity index (χ1) is 12.7. The van der Waals surface area contributed by atoms with E-state index in [1.54, 1.807) is 20.8 Å². The van der Waals surface area contributed by atoms with E-state index in [0.29, 0.717) is 0 Å². The number of aromatic nitrogens is 3. The Morgan fingerprint density at radius 1 is 1.14 bits per heavy atom. The van der Waals surface area contributed by atoms with Crippen molar-refractivity contribution in [1.29, 1.82) is 0 Å². The average Bonchev–Trinajstić information content (AvgIpc) is 2.98. The van der Waals surface area contributed by atoms with Crippen LogP contribution in [0.4, 0.5) is 17.6 Å². The number of nitrogens with zero attached hydrogens (tertiary/aromatic N) is 3. The van der Waals surface area contributed by atoms with E-state index in [1.165, 1.54) is 0 Å². The van der Waals surface area contributed by atoms with E-state index in [0.717, 1.165) is 13.1 Å². The maximum atomic E-state index is 14.7. The molecule has 0 spiro atoms. The van der Waals surface area contributed by atoms with Crippen molar-refractivity contribution in [2.45, 2.75) is 32.4 Å². The number of halogens is 5. The molecule has 3 rings (SSSR count). The summed E-state index contributed by atoms with van der Waals surface area (Å²) in [5, 5.41) is -0.132. The normalized spacial score (nSPS) is 12.8. The Kier molecular flexibility index (Phi) is 4.45. The van der Waals surface area contributed by atoms with Crippen LogP contribution in [0.3, 0.4) is 0 Å². The number of oxazole rings is 1. The molecule has 2 heterocycles. The molecule has 11 heteroatoms. The van der Waals surface area contributed by atoms with Gasteiger partial charge < -0.3 is 4.42 Å². The summed E-state index contributed by atoms with van der Waals surface area (Å²) in [5.41, 5.74) is -5.82. The van der Waals surface area contributed by atoms with Crippen LogP contribution in [-0.2, 0) is 18.6 Å². The maximum absolute atomic E-state index is 14.7. The molecule has 0 aliphatic carbocycles. The van der Waals surface area contributed by atoms with Crippen molar-refractivity contribution in [2.75, 3.05) is 0 Å². The predicted molar refractivity (Wildman–Crippen MR) is 93.5 cm³/mol. The van der Waals surface area contributed by atoms with Gasteiger partial charge in [0, 0.05) is 18.5 Å². The molecule has 0 atom stereocenters. The Hall–Kier alpha value is -2.62. The molecule has 2 aromatic heterocycles. The first-order valence-electron chi connectivity index (χ1n) is 7.93. The Bertz CT molecular complexity index is 1220. The van der Waals surface area contributed by atoms with Crippen molar-refractivity contribution in [3.63, 3.8) is 0 Å². The lowest BCUT2D eigenvalue weighted by Gasteiger charge is -2.14. The second kappa shape index (κ2) is 6.20. The van der Waals surface area contributed by atoms with Gasteiger partial charge in [-0.15, -0.1) is 0 Å². The van der Waals surface area contributed by atoms with Crippen LogP contribution in [-0.4, -0.2) is 14.1 Å². The summed E-state index contributed by atoms with van der Waals surface area (Å²) in [5.74, 6) is -0.971. The quantitative estimate of drug-likeness (QED) is 0.563. The number of benzene rings is 1. The Morgan fingerprint density at radius 3 is 2.29 bits per heavy atom. The average molecular weight is 420 g/mol. The standard InChI is InChI=1S/C17H14ClF4N3O3/c1-16(2,3)14-23-11-7(18)5-8(19)12(13(11)28-14)25-10(26)6-9(17(20,21)22)24(4)15(25)27/h5-6H,1-4H3. The third-order valence-corrected chi connectivity index (χ3v) is 4.31. The van der Waals surface area contributed by atoms with Gasteiger partial charge in [0.1, 0.15) is 16.9 Å². The van der Waals surface area contributed by atoms with E-state index in [4.69, 9.17) is 16.0 Å². The summed E-state index contributed by atoms with van der Waals surface area (Å²) in [7, 11) is 0.826. The third kappa shape index (κ3) is 3.11. The molecule has 150 valence electrons. The molecular formula is C17H14ClF4N3O3. The lowest BCUT2D eigenvalue weighted by molar-refractivity contribution is -0.144. The van der Waals surface area contributed by atoms with E-state index in [1.807, 2.05) is 0 Å². The van der Waals surface area contributed by atoms with E-state index < -0.39 is 40.0 Å². The highest BCUT2D eigenvalue weighted by molar-refractivity contribution is 6.35. The van der Waals surface area contributed by atoms with Crippen LogP contribution in [0.15, 0.2) is 26.1 Å². The number of fused-ring (bicyclic) bond motifs is 1. The highest BCUT2D eigenvalue weighted by Crippen LogP contribution is 2.34. The molecule has 0 aliphatic rings. The minimum absolute atomic E-state index is 0.0168. The molecule has 0 radical (unpaired) electrons. The lowest BCUT2D eigenvalue weighted by Crippen LogP contribution is -2.41. The van der Waals surface area contributed by atoms with E-state index >= 15 is 0 Å². The molecule has 0 bridgehead atoms. The van der Waals surface area contributed by atoms with Crippen LogP contribution in [0.25, 0.3) is 16.8 Å². The highest BCUT2D eigenvalue weighted by Gasteiger charge is 2.36. The van der Waals surface area contributed by atoms with Crippen molar-refractivity contribution in [2.24, 2.45) is 7.05 Å².